The second kappa shape index (κ2) is 12.8. The summed E-state index contributed by atoms with van der Waals surface area (Å²) >= 11 is 0. The Bertz CT molecular complexity index is 2100. The zero-order valence-corrected chi connectivity index (χ0v) is 28.7. The summed E-state index contributed by atoms with van der Waals surface area (Å²) in [5.74, 6) is 0.314. The number of rotatable bonds is 8. The van der Waals surface area contributed by atoms with Crippen molar-refractivity contribution in [1.82, 2.24) is 18.9 Å². The van der Waals surface area contributed by atoms with Crippen LogP contribution in [0.2, 0.25) is 0 Å². The fraction of sp³-hybridized carbons (Fsp3) is 0.366. The maximum absolute atomic E-state index is 15.2. The van der Waals surface area contributed by atoms with Crippen molar-refractivity contribution >= 4 is 33.8 Å². The summed E-state index contributed by atoms with van der Waals surface area (Å²) in [6.07, 6.45) is 8.57. The van der Waals surface area contributed by atoms with Gasteiger partial charge in [-0.3, -0.25) is 9.80 Å². The molecular formula is C41H44N4O4. The van der Waals surface area contributed by atoms with E-state index in [1.807, 2.05) is 47.9 Å². The quantitative estimate of drug-likeness (QED) is 0.158. The van der Waals surface area contributed by atoms with Gasteiger partial charge in [0.05, 0.1) is 36.4 Å². The Labute approximate surface area is 287 Å². The Morgan fingerprint density at radius 2 is 1.31 bits per heavy atom. The lowest BCUT2D eigenvalue weighted by Crippen LogP contribution is -2.51. The van der Waals surface area contributed by atoms with Crippen molar-refractivity contribution in [2.45, 2.75) is 84.6 Å². The van der Waals surface area contributed by atoms with Gasteiger partial charge in [0, 0.05) is 27.9 Å². The molecule has 0 bridgehead atoms. The van der Waals surface area contributed by atoms with Crippen molar-refractivity contribution in [3.05, 3.63) is 112 Å². The smallest absolute Gasteiger partial charge is 0.338 e. The Balaban J connectivity index is 1.32. The Kier molecular flexibility index (Phi) is 8.18. The molecule has 8 heteroatoms. The van der Waals surface area contributed by atoms with Gasteiger partial charge in [0.1, 0.15) is 19.1 Å². The Hall–Kier alpha value is -4.98. The average molecular weight is 657 g/mol. The third kappa shape index (κ3) is 5.20. The van der Waals surface area contributed by atoms with Gasteiger partial charge < -0.3 is 18.6 Å². The first-order chi connectivity index (χ1) is 24.0. The van der Waals surface area contributed by atoms with E-state index in [0.29, 0.717) is 30.4 Å². The molecule has 1 aliphatic heterocycles. The number of aryl methyl sites for hydroxylation is 2. The van der Waals surface area contributed by atoms with Crippen LogP contribution in [0.4, 0.5) is 4.79 Å². The fourth-order valence-corrected chi connectivity index (χ4v) is 8.61. The van der Waals surface area contributed by atoms with Crippen molar-refractivity contribution in [2.75, 3.05) is 13.7 Å². The lowest BCUT2D eigenvalue weighted by atomic mass is 9.93. The second-order valence-electron chi connectivity index (χ2n) is 13.5. The number of carbonyl (C=O) groups excluding carboxylic acids is 2. The number of esters is 1. The number of urea groups is 1. The topological polar surface area (TPSA) is 68.9 Å². The standard InChI is InChI=1S/C41H44N4O4/c1-4-49-40(46)38-27(2)42(25-43-34-17-9-5-13-30(34)31-14-6-10-18-35(31)43)41(47)45(39(38)28-21-23-29(48-3)24-22-28)26-44-36-19-11-7-15-32(36)33-16-8-12-20-37(33)44/h5,7,9,11,13,15,17,19,21-24,39H,4,6,8,10,12,14,16,18,20,25-26H2,1-3H3. The van der Waals surface area contributed by atoms with E-state index in [4.69, 9.17) is 9.47 Å². The summed E-state index contributed by atoms with van der Waals surface area (Å²) in [6, 6.07) is 24.0. The molecule has 1 unspecified atom stereocenters. The van der Waals surface area contributed by atoms with E-state index in [2.05, 4.69) is 57.7 Å². The van der Waals surface area contributed by atoms with Crippen molar-refractivity contribution in [1.29, 1.82) is 0 Å². The van der Waals surface area contributed by atoms with Crippen molar-refractivity contribution in [2.24, 2.45) is 0 Å². The minimum Gasteiger partial charge on any atom is -0.497 e. The molecular weight excluding hydrogens is 612 g/mol. The predicted octanol–water partition coefficient (Wildman–Crippen LogP) is 8.29. The maximum atomic E-state index is 15.2. The van der Waals surface area contributed by atoms with E-state index < -0.39 is 12.0 Å². The fourth-order valence-electron chi connectivity index (χ4n) is 8.61. The van der Waals surface area contributed by atoms with Gasteiger partial charge >= 0.3 is 12.0 Å². The molecule has 8 rings (SSSR count). The van der Waals surface area contributed by atoms with Gasteiger partial charge in [-0.25, -0.2) is 9.59 Å². The largest absolute Gasteiger partial charge is 0.497 e. The summed E-state index contributed by atoms with van der Waals surface area (Å²) in [4.78, 5) is 33.1. The van der Waals surface area contributed by atoms with E-state index in [1.54, 1.807) is 7.11 Å². The lowest BCUT2D eigenvalue weighted by molar-refractivity contribution is -0.139. The van der Waals surface area contributed by atoms with E-state index in [-0.39, 0.29) is 12.6 Å². The molecule has 0 fully saturated rings. The highest BCUT2D eigenvalue weighted by Gasteiger charge is 2.43. The third-order valence-electron chi connectivity index (χ3n) is 10.9. The highest BCUT2D eigenvalue weighted by atomic mass is 16.5. The van der Waals surface area contributed by atoms with Crippen molar-refractivity contribution in [3.8, 4) is 5.75 Å². The molecule has 49 heavy (non-hydrogen) atoms. The van der Waals surface area contributed by atoms with Gasteiger partial charge in [0.15, 0.2) is 0 Å². The van der Waals surface area contributed by atoms with Crippen LogP contribution in [-0.4, -0.2) is 44.7 Å². The molecule has 3 heterocycles. The van der Waals surface area contributed by atoms with Crippen LogP contribution in [0.25, 0.3) is 21.8 Å². The van der Waals surface area contributed by atoms with Crippen LogP contribution in [0.5, 0.6) is 5.75 Å². The van der Waals surface area contributed by atoms with Crippen LogP contribution in [0.15, 0.2) is 84.1 Å². The average Bonchev–Trinajstić information content (AvgIpc) is 3.63. The molecule has 2 aliphatic carbocycles. The first-order valence-electron chi connectivity index (χ1n) is 17.8. The van der Waals surface area contributed by atoms with Crippen LogP contribution >= 0.6 is 0 Å². The molecule has 2 amide bonds. The van der Waals surface area contributed by atoms with Crippen LogP contribution in [0, 0.1) is 0 Å². The summed E-state index contributed by atoms with van der Waals surface area (Å²) in [7, 11) is 1.64. The number of hydrogen-bond donors (Lipinski definition) is 0. The monoisotopic (exact) mass is 656 g/mol. The number of methoxy groups -OCH3 is 1. The number of carbonyl (C=O) groups is 2. The molecule has 1 atom stereocenters. The van der Waals surface area contributed by atoms with Gasteiger partial charge in [0.2, 0.25) is 0 Å². The molecule has 8 nitrogen and oxygen atoms in total. The van der Waals surface area contributed by atoms with Gasteiger partial charge in [-0.05, 0) is 106 Å². The van der Waals surface area contributed by atoms with Crippen LogP contribution in [-0.2, 0) is 48.6 Å². The van der Waals surface area contributed by atoms with E-state index in [9.17, 15) is 4.79 Å². The van der Waals surface area contributed by atoms with E-state index >= 15 is 4.79 Å². The van der Waals surface area contributed by atoms with Crippen molar-refractivity contribution < 1.29 is 19.1 Å². The first-order valence-corrected chi connectivity index (χ1v) is 17.8. The number of ether oxygens (including phenoxy) is 2. The van der Waals surface area contributed by atoms with Crippen molar-refractivity contribution in [3.63, 3.8) is 0 Å². The lowest BCUT2D eigenvalue weighted by Gasteiger charge is -2.43. The third-order valence-corrected chi connectivity index (χ3v) is 10.9. The molecule has 0 N–H and O–H groups in total. The second-order valence-corrected chi connectivity index (χ2v) is 13.5. The molecule has 5 aromatic rings. The predicted molar refractivity (Wildman–Crippen MR) is 191 cm³/mol. The minimum absolute atomic E-state index is 0.129. The van der Waals surface area contributed by atoms with Crippen LogP contribution in [0.1, 0.15) is 73.7 Å². The number of nitrogens with zero attached hydrogens (tertiary/aromatic N) is 4. The number of amides is 2. The number of aromatic nitrogens is 2. The zero-order valence-electron chi connectivity index (χ0n) is 28.7. The molecule has 252 valence electrons. The molecule has 0 radical (unpaired) electrons. The van der Waals surface area contributed by atoms with Crippen LogP contribution < -0.4 is 4.74 Å². The summed E-state index contributed by atoms with van der Waals surface area (Å²) < 4.78 is 15.9. The molecule has 0 spiro atoms. The van der Waals surface area contributed by atoms with E-state index in [0.717, 1.165) is 61.5 Å². The number of hydrogen-bond acceptors (Lipinski definition) is 4. The van der Waals surface area contributed by atoms with Gasteiger partial charge in [-0.2, -0.15) is 0 Å². The van der Waals surface area contributed by atoms with Gasteiger partial charge in [-0.1, -0.05) is 48.5 Å². The summed E-state index contributed by atoms with van der Waals surface area (Å²) in [5, 5.41) is 2.51. The Morgan fingerprint density at radius 3 is 1.88 bits per heavy atom. The maximum Gasteiger partial charge on any atom is 0.338 e. The van der Waals surface area contributed by atoms with Gasteiger partial charge in [0.25, 0.3) is 0 Å². The minimum atomic E-state index is -0.649. The Morgan fingerprint density at radius 1 is 0.755 bits per heavy atom. The van der Waals surface area contributed by atoms with Crippen LogP contribution in [0.3, 0.4) is 0 Å². The summed E-state index contributed by atoms with van der Waals surface area (Å²) in [5.41, 5.74) is 9.55. The van der Waals surface area contributed by atoms with E-state index in [1.165, 1.54) is 39.7 Å². The normalized spacial score (nSPS) is 17.9. The first kappa shape index (κ1) is 31.3. The molecule has 3 aromatic carbocycles. The number of fused-ring (bicyclic) bond motifs is 6. The highest BCUT2D eigenvalue weighted by molar-refractivity contribution is 5.95. The number of benzene rings is 3. The molecule has 2 aromatic heterocycles. The zero-order chi connectivity index (χ0) is 33.6. The summed E-state index contributed by atoms with van der Waals surface area (Å²) in [6.45, 7) is 4.60. The SMILES string of the molecule is CCOC(=O)C1=C(C)N(Cn2c3c(c4ccccc42)CCCC3)C(=O)N(Cn2c3c(c4ccccc42)CCCC3)C1c1ccc(OC)cc1. The highest BCUT2D eigenvalue weighted by Crippen LogP contribution is 2.42. The van der Waals surface area contributed by atoms with Gasteiger partial charge in [-0.15, -0.1) is 0 Å². The number of para-hydroxylation sites is 2. The molecule has 3 aliphatic rings. The molecule has 0 saturated carbocycles. The molecule has 0 saturated heterocycles. The number of allylic oxidation sites excluding steroid dienone is 1.